The van der Waals surface area contributed by atoms with Crippen molar-refractivity contribution < 1.29 is 14.7 Å². The first kappa shape index (κ1) is 22.7. The van der Waals surface area contributed by atoms with E-state index >= 15 is 0 Å². The molecule has 0 saturated carbocycles. The average Bonchev–Trinajstić information content (AvgIpc) is 3.23. The number of aliphatic hydroxyl groups excluding tert-OH is 1. The fourth-order valence-corrected chi connectivity index (χ4v) is 4.49. The Morgan fingerprint density at radius 3 is 2.45 bits per heavy atom. The van der Waals surface area contributed by atoms with Crippen molar-refractivity contribution in [1.29, 1.82) is 0 Å². The van der Waals surface area contributed by atoms with Crippen LogP contribution in [0.2, 0.25) is 0 Å². The van der Waals surface area contributed by atoms with Gasteiger partial charge in [0.2, 0.25) is 0 Å². The van der Waals surface area contributed by atoms with Crippen molar-refractivity contribution >= 4 is 23.1 Å². The Kier molecular flexibility index (Phi) is 6.08. The number of rotatable bonds is 6. The lowest BCUT2D eigenvalue weighted by molar-refractivity contribution is -0.139. The SMILES string of the molecule is Cc1ccc(C2/C(=C(\O)c3c(C)nc4c(C)cccn34)C(=O)C(=O)N2CCCN(C)C)cc1. The highest BCUT2D eigenvalue weighted by atomic mass is 16.3. The lowest BCUT2D eigenvalue weighted by Crippen LogP contribution is -2.32. The summed E-state index contributed by atoms with van der Waals surface area (Å²) in [6.07, 6.45) is 2.53. The Labute approximate surface area is 194 Å². The van der Waals surface area contributed by atoms with Gasteiger partial charge in [0, 0.05) is 12.7 Å². The number of pyridine rings is 1. The summed E-state index contributed by atoms with van der Waals surface area (Å²) in [4.78, 5) is 34.6. The van der Waals surface area contributed by atoms with Crippen LogP contribution in [-0.4, -0.2) is 63.2 Å². The Hall–Kier alpha value is -3.45. The fraction of sp³-hybridized carbons (Fsp3) is 0.346. The van der Waals surface area contributed by atoms with Crippen molar-refractivity contribution in [2.45, 2.75) is 33.2 Å². The van der Waals surface area contributed by atoms with Crippen LogP contribution >= 0.6 is 0 Å². The molecule has 7 heteroatoms. The first-order valence-corrected chi connectivity index (χ1v) is 11.1. The van der Waals surface area contributed by atoms with Crippen LogP contribution in [-0.2, 0) is 9.59 Å². The predicted octanol–water partition coefficient (Wildman–Crippen LogP) is 3.63. The van der Waals surface area contributed by atoms with E-state index in [-0.39, 0.29) is 11.3 Å². The summed E-state index contributed by atoms with van der Waals surface area (Å²) < 4.78 is 1.78. The van der Waals surface area contributed by atoms with Gasteiger partial charge < -0.3 is 14.9 Å². The topological polar surface area (TPSA) is 78.1 Å². The Morgan fingerprint density at radius 2 is 1.79 bits per heavy atom. The summed E-state index contributed by atoms with van der Waals surface area (Å²) in [6.45, 7) is 6.94. The molecule has 0 radical (unpaired) electrons. The van der Waals surface area contributed by atoms with E-state index in [1.54, 1.807) is 16.2 Å². The van der Waals surface area contributed by atoms with Gasteiger partial charge in [-0.3, -0.25) is 14.0 Å². The van der Waals surface area contributed by atoms with Crippen LogP contribution in [0.1, 0.15) is 40.5 Å². The summed E-state index contributed by atoms with van der Waals surface area (Å²) in [5.41, 5.74) is 4.70. The van der Waals surface area contributed by atoms with Crippen LogP contribution in [0.15, 0.2) is 48.2 Å². The maximum Gasteiger partial charge on any atom is 0.295 e. The van der Waals surface area contributed by atoms with Gasteiger partial charge in [0.1, 0.15) is 11.3 Å². The van der Waals surface area contributed by atoms with Gasteiger partial charge in [-0.25, -0.2) is 4.98 Å². The van der Waals surface area contributed by atoms with Crippen molar-refractivity contribution in [2.24, 2.45) is 0 Å². The molecule has 1 aliphatic rings. The molecule has 1 N–H and O–H groups in total. The minimum absolute atomic E-state index is 0.111. The second-order valence-electron chi connectivity index (χ2n) is 8.99. The van der Waals surface area contributed by atoms with Crippen molar-refractivity contribution in [2.75, 3.05) is 27.2 Å². The van der Waals surface area contributed by atoms with Crippen LogP contribution in [0, 0.1) is 20.8 Å². The molecule has 0 aliphatic carbocycles. The minimum Gasteiger partial charge on any atom is -0.505 e. The van der Waals surface area contributed by atoms with Crippen LogP contribution in [0.4, 0.5) is 0 Å². The van der Waals surface area contributed by atoms with Crippen molar-refractivity contribution in [1.82, 2.24) is 19.2 Å². The minimum atomic E-state index is -0.662. The van der Waals surface area contributed by atoms with Crippen LogP contribution in [0.5, 0.6) is 0 Å². The largest absolute Gasteiger partial charge is 0.505 e. The number of aliphatic hydroxyl groups is 1. The Morgan fingerprint density at radius 1 is 1.09 bits per heavy atom. The number of amides is 1. The highest BCUT2D eigenvalue weighted by Crippen LogP contribution is 2.40. The summed E-state index contributed by atoms with van der Waals surface area (Å²) in [5, 5.41) is 11.5. The number of aromatic nitrogens is 2. The number of imidazole rings is 1. The third-order valence-electron chi connectivity index (χ3n) is 6.18. The van der Waals surface area contributed by atoms with Crippen molar-refractivity contribution in [3.63, 3.8) is 0 Å². The second-order valence-corrected chi connectivity index (χ2v) is 8.99. The highest BCUT2D eigenvalue weighted by Gasteiger charge is 2.46. The number of hydrogen-bond acceptors (Lipinski definition) is 5. The molecule has 2 aromatic heterocycles. The molecule has 1 aliphatic heterocycles. The smallest absolute Gasteiger partial charge is 0.295 e. The molecular formula is C26H30N4O3. The number of likely N-dealkylation sites (tertiary alicyclic amines) is 1. The Balaban J connectivity index is 1.89. The number of fused-ring (bicyclic) bond motifs is 1. The summed E-state index contributed by atoms with van der Waals surface area (Å²) in [5.74, 6) is -1.43. The van der Waals surface area contributed by atoms with Gasteiger partial charge in [-0.15, -0.1) is 0 Å². The lowest BCUT2D eigenvalue weighted by Gasteiger charge is -2.26. The van der Waals surface area contributed by atoms with Gasteiger partial charge in [-0.2, -0.15) is 0 Å². The van der Waals surface area contributed by atoms with E-state index in [9.17, 15) is 14.7 Å². The molecule has 1 saturated heterocycles. The third kappa shape index (κ3) is 4.04. The van der Waals surface area contributed by atoms with Crippen molar-refractivity contribution in [3.05, 3.63) is 76.2 Å². The number of aryl methyl sites for hydroxylation is 3. The van der Waals surface area contributed by atoms with Gasteiger partial charge in [0.05, 0.1) is 17.3 Å². The van der Waals surface area contributed by atoms with E-state index < -0.39 is 17.7 Å². The van der Waals surface area contributed by atoms with Gasteiger partial charge in [0.25, 0.3) is 11.7 Å². The normalized spacial score (nSPS) is 18.1. The molecule has 33 heavy (non-hydrogen) atoms. The van der Waals surface area contributed by atoms with Gasteiger partial charge in [0.15, 0.2) is 5.76 Å². The number of Topliss-reactive ketones (excluding diaryl/α,β-unsaturated/α-hetero) is 1. The molecular weight excluding hydrogens is 416 g/mol. The summed E-state index contributed by atoms with van der Waals surface area (Å²) in [7, 11) is 3.95. The van der Waals surface area contributed by atoms with Crippen LogP contribution in [0.3, 0.4) is 0 Å². The molecule has 172 valence electrons. The zero-order valence-corrected chi connectivity index (χ0v) is 19.8. The maximum absolute atomic E-state index is 13.3. The first-order chi connectivity index (χ1) is 15.7. The molecule has 0 bridgehead atoms. The van der Waals surface area contributed by atoms with Crippen LogP contribution in [0.25, 0.3) is 11.4 Å². The molecule has 0 spiro atoms. The fourth-order valence-electron chi connectivity index (χ4n) is 4.49. The average molecular weight is 447 g/mol. The van der Waals surface area contributed by atoms with Crippen LogP contribution < -0.4 is 0 Å². The molecule has 7 nitrogen and oxygen atoms in total. The van der Waals surface area contributed by atoms with E-state index in [4.69, 9.17) is 0 Å². The second kappa shape index (κ2) is 8.83. The number of hydrogen-bond donors (Lipinski definition) is 1. The van der Waals surface area contributed by atoms with E-state index in [0.29, 0.717) is 23.6 Å². The zero-order valence-electron chi connectivity index (χ0n) is 19.8. The van der Waals surface area contributed by atoms with Gasteiger partial charge >= 0.3 is 0 Å². The monoisotopic (exact) mass is 446 g/mol. The molecule has 1 aromatic carbocycles. The summed E-state index contributed by atoms with van der Waals surface area (Å²) >= 11 is 0. The molecule has 4 rings (SSSR count). The maximum atomic E-state index is 13.3. The number of nitrogens with zero attached hydrogens (tertiary/aromatic N) is 4. The standard InChI is InChI=1S/C26H30N4O3/c1-16-9-11-19(12-10-16)22-20(24(32)26(33)30(22)15-7-13-28(4)5)23(31)21-18(3)27-25-17(2)8-6-14-29(21)25/h6,8-12,14,22,31H,7,13,15H2,1-5H3/b23-20+. The molecule has 3 aromatic rings. The highest BCUT2D eigenvalue weighted by molar-refractivity contribution is 6.46. The van der Waals surface area contributed by atoms with Gasteiger partial charge in [-0.05, 0) is 65.0 Å². The van der Waals surface area contributed by atoms with E-state index in [0.717, 1.165) is 29.7 Å². The number of ketones is 1. The van der Waals surface area contributed by atoms with E-state index in [2.05, 4.69) is 4.98 Å². The number of carbonyl (C=O) groups excluding carboxylic acids is 2. The quantitative estimate of drug-likeness (QED) is 0.355. The van der Waals surface area contributed by atoms with Gasteiger partial charge in [-0.1, -0.05) is 35.9 Å². The third-order valence-corrected chi connectivity index (χ3v) is 6.18. The Bertz CT molecular complexity index is 1250. The number of carbonyl (C=O) groups is 2. The molecule has 3 heterocycles. The predicted molar refractivity (Wildman–Crippen MR) is 128 cm³/mol. The van der Waals surface area contributed by atoms with E-state index in [1.807, 2.05) is 75.4 Å². The summed E-state index contributed by atoms with van der Waals surface area (Å²) in [6, 6.07) is 10.9. The van der Waals surface area contributed by atoms with Crippen molar-refractivity contribution in [3.8, 4) is 0 Å². The molecule has 1 atom stereocenters. The molecule has 1 fully saturated rings. The van der Waals surface area contributed by atoms with E-state index in [1.165, 1.54) is 0 Å². The first-order valence-electron chi connectivity index (χ1n) is 11.1. The lowest BCUT2D eigenvalue weighted by atomic mass is 9.95. The zero-order chi connectivity index (χ0) is 23.9. The molecule has 1 amide bonds. The molecule has 1 unspecified atom stereocenters. The number of benzene rings is 1.